The van der Waals surface area contributed by atoms with Crippen LogP contribution in [0.5, 0.6) is 17.2 Å². The molecule has 1 atom stereocenters. The molecule has 0 spiro atoms. The Kier molecular flexibility index (Phi) is 9.48. The average Bonchev–Trinajstić information content (AvgIpc) is 3.65. The first-order valence-corrected chi connectivity index (χ1v) is 16.6. The zero-order valence-corrected chi connectivity index (χ0v) is 27.6. The monoisotopic (exact) mass is 685 g/mol. The number of carbonyl (C=O) groups is 2. The number of anilines is 1. The molecule has 1 aliphatic rings. The van der Waals surface area contributed by atoms with Gasteiger partial charge in [0.1, 0.15) is 18.1 Å². The highest BCUT2D eigenvalue weighted by atomic mass is 35.5. The van der Waals surface area contributed by atoms with Crippen LogP contribution in [0.25, 0.3) is 5.76 Å². The largest absolute Gasteiger partial charge is 0.507 e. The van der Waals surface area contributed by atoms with Crippen molar-refractivity contribution in [2.24, 2.45) is 0 Å². The Balaban J connectivity index is 1.32. The smallest absolute Gasteiger partial charge is 0.301 e. The SMILES string of the molecule is COc1cc(C2/C(=C(\O)c3ccc(OCc4cccc(C)c4)cc3)C(=O)C(=O)N2c2nnc(SCc3ccc(Cl)cc3)s2)ccc1O. The van der Waals surface area contributed by atoms with Crippen LogP contribution in [-0.2, 0) is 21.9 Å². The Bertz CT molecular complexity index is 1980. The summed E-state index contributed by atoms with van der Waals surface area (Å²) in [7, 11) is 1.40. The van der Waals surface area contributed by atoms with Crippen molar-refractivity contribution in [2.45, 2.75) is 29.7 Å². The minimum absolute atomic E-state index is 0.119. The first kappa shape index (κ1) is 32.1. The van der Waals surface area contributed by atoms with Crippen LogP contribution in [-0.4, -0.2) is 39.2 Å². The average molecular weight is 686 g/mol. The lowest BCUT2D eigenvalue weighted by Crippen LogP contribution is -2.29. The summed E-state index contributed by atoms with van der Waals surface area (Å²) in [4.78, 5) is 28.5. The van der Waals surface area contributed by atoms with Gasteiger partial charge in [-0.15, -0.1) is 10.2 Å². The molecule has 2 heterocycles. The zero-order valence-electron chi connectivity index (χ0n) is 25.2. The molecule has 4 aromatic carbocycles. The van der Waals surface area contributed by atoms with Crippen molar-refractivity contribution in [3.05, 3.63) is 129 Å². The molecule has 0 radical (unpaired) electrons. The second-order valence-electron chi connectivity index (χ2n) is 10.7. The van der Waals surface area contributed by atoms with Gasteiger partial charge in [-0.1, -0.05) is 82.7 Å². The lowest BCUT2D eigenvalue weighted by molar-refractivity contribution is -0.132. The number of aromatic hydroxyl groups is 1. The third-order valence-electron chi connectivity index (χ3n) is 7.46. The molecule has 5 aromatic rings. The number of hydrogen-bond donors (Lipinski definition) is 2. The predicted octanol–water partition coefficient (Wildman–Crippen LogP) is 7.71. The predicted molar refractivity (Wildman–Crippen MR) is 182 cm³/mol. The number of phenolic OH excluding ortho intramolecular Hbond substituents is 1. The lowest BCUT2D eigenvalue weighted by Gasteiger charge is -2.23. The summed E-state index contributed by atoms with van der Waals surface area (Å²) in [6, 6.07) is 25.5. The molecular formula is C35H28ClN3O6S2. The molecule has 2 N–H and O–H groups in total. The van der Waals surface area contributed by atoms with Gasteiger partial charge in [0, 0.05) is 16.3 Å². The van der Waals surface area contributed by atoms with Crippen LogP contribution in [0.2, 0.25) is 5.02 Å². The van der Waals surface area contributed by atoms with Crippen LogP contribution in [0.4, 0.5) is 5.13 Å². The van der Waals surface area contributed by atoms with Gasteiger partial charge < -0.3 is 19.7 Å². The Morgan fingerprint density at radius 2 is 1.74 bits per heavy atom. The zero-order chi connectivity index (χ0) is 33.1. The number of amides is 1. The van der Waals surface area contributed by atoms with E-state index in [4.69, 9.17) is 21.1 Å². The normalized spacial score (nSPS) is 15.6. The molecule has 1 aromatic heterocycles. The van der Waals surface area contributed by atoms with E-state index in [0.717, 1.165) is 28.0 Å². The van der Waals surface area contributed by atoms with Crippen molar-refractivity contribution >= 4 is 57.3 Å². The summed E-state index contributed by atoms with van der Waals surface area (Å²) in [5.41, 5.74) is 3.78. The molecule has 0 aliphatic carbocycles. The van der Waals surface area contributed by atoms with Gasteiger partial charge in [-0.2, -0.15) is 0 Å². The Hall–Kier alpha value is -4.84. The second kappa shape index (κ2) is 13.9. The number of aryl methyl sites for hydroxylation is 1. The standard InChI is InChI=1S/C35H28ClN3O6S2/c1-20-4-3-5-22(16-20)18-45-26-13-8-23(9-14-26)31(41)29-30(24-10-15-27(40)28(17-24)44-2)39(33(43)32(29)42)34-37-38-35(47-34)46-19-21-6-11-25(36)12-7-21/h3-17,30,40-41H,18-19H2,1-2H3/b31-29+. The Labute approximate surface area is 284 Å². The quantitative estimate of drug-likeness (QED) is 0.0500. The fraction of sp³-hybridized carbons (Fsp3) is 0.143. The van der Waals surface area contributed by atoms with Crippen molar-refractivity contribution in [3.8, 4) is 17.2 Å². The molecule has 1 aliphatic heterocycles. The summed E-state index contributed by atoms with van der Waals surface area (Å²) >= 11 is 8.58. The summed E-state index contributed by atoms with van der Waals surface area (Å²) in [6.07, 6.45) is 0. The van der Waals surface area contributed by atoms with Gasteiger partial charge in [0.05, 0.1) is 18.7 Å². The number of ketones is 1. The fourth-order valence-electron chi connectivity index (χ4n) is 5.13. The topological polar surface area (TPSA) is 122 Å². The maximum Gasteiger partial charge on any atom is 0.301 e. The number of nitrogens with zero attached hydrogens (tertiary/aromatic N) is 3. The first-order chi connectivity index (χ1) is 22.7. The van der Waals surface area contributed by atoms with E-state index in [2.05, 4.69) is 10.2 Å². The van der Waals surface area contributed by atoms with Crippen LogP contribution in [0, 0.1) is 6.92 Å². The third-order valence-corrected chi connectivity index (χ3v) is 9.84. The summed E-state index contributed by atoms with van der Waals surface area (Å²) < 4.78 is 11.8. The van der Waals surface area contributed by atoms with Gasteiger partial charge in [0.2, 0.25) is 5.13 Å². The van der Waals surface area contributed by atoms with Crippen LogP contribution in [0.1, 0.15) is 33.9 Å². The van der Waals surface area contributed by atoms with Crippen molar-refractivity contribution in [2.75, 3.05) is 12.0 Å². The Morgan fingerprint density at radius 3 is 2.47 bits per heavy atom. The summed E-state index contributed by atoms with van der Waals surface area (Å²) in [6.45, 7) is 2.38. The summed E-state index contributed by atoms with van der Waals surface area (Å²) in [5.74, 6) is -0.938. The van der Waals surface area contributed by atoms with E-state index in [1.54, 1.807) is 42.5 Å². The molecule has 1 amide bonds. The maximum atomic E-state index is 13.6. The number of Topliss-reactive ketones (excluding diaryl/α,β-unsaturated/α-hetero) is 1. The van der Waals surface area contributed by atoms with E-state index in [1.807, 2.05) is 43.3 Å². The number of aliphatic hydroxyl groups excluding tert-OH is 1. The van der Waals surface area contributed by atoms with E-state index in [9.17, 15) is 19.8 Å². The highest BCUT2D eigenvalue weighted by Gasteiger charge is 2.48. The van der Waals surface area contributed by atoms with Crippen molar-refractivity contribution < 1.29 is 29.3 Å². The molecule has 9 nitrogen and oxygen atoms in total. The van der Waals surface area contributed by atoms with Gasteiger partial charge in [-0.3, -0.25) is 14.5 Å². The highest BCUT2D eigenvalue weighted by Crippen LogP contribution is 2.45. The van der Waals surface area contributed by atoms with Crippen LogP contribution >= 0.6 is 34.7 Å². The number of aromatic nitrogens is 2. The number of hydrogen-bond acceptors (Lipinski definition) is 10. The molecule has 6 rings (SSSR count). The van der Waals surface area contributed by atoms with Crippen molar-refractivity contribution in [1.82, 2.24) is 10.2 Å². The maximum absolute atomic E-state index is 13.6. The number of rotatable bonds is 10. The molecule has 12 heteroatoms. The lowest BCUT2D eigenvalue weighted by atomic mass is 9.95. The van der Waals surface area contributed by atoms with Gasteiger partial charge in [-0.25, -0.2) is 0 Å². The second-order valence-corrected chi connectivity index (χ2v) is 13.3. The van der Waals surface area contributed by atoms with E-state index in [0.29, 0.717) is 38.6 Å². The van der Waals surface area contributed by atoms with E-state index in [1.165, 1.54) is 35.9 Å². The fourth-order valence-corrected chi connectivity index (χ4v) is 7.08. The van der Waals surface area contributed by atoms with Crippen molar-refractivity contribution in [1.29, 1.82) is 0 Å². The van der Waals surface area contributed by atoms with Gasteiger partial charge in [-0.05, 0) is 72.1 Å². The molecule has 0 saturated carbocycles. The number of carbonyl (C=O) groups excluding carboxylic acids is 2. The van der Waals surface area contributed by atoms with Crippen molar-refractivity contribution in [3.63, 3.8) is 0 Å². The van der Waals surface area contributed by atoms with Gasteiger partial charge in [0.25, 0.3) is 5.78 Å². The number of phenols is 1. The number of methoxy groups -OCH3 is 1. The molecule has 47 heavy (non-hydrogen) atoms. The Morgan fingerprint density at radius 1 is 0.979 bits per heavy atom. The molecule has 1 saturated heterocycles. The van der Waals surface area contributed by atoms with Crippen LogP contribution < -0.4 is 14.4 Å². The van der Waals surface area contributed by atoms with Gasteiger partial charge in [0.15, 0.2) is 15.8 Å². The summed E-state index contributed by atoms with van der Waals surface area (Å²) in [5, 5.41) is 31.2. The van der Waals surface area contributed by atoms with Crippen LogP contribution in [0.3, 0.4) is 0 Å². The molecule has 1 fully saturated rings. The van der Waals surface area contributed by atoms with E-state index < -0.39 is 17.7 Å². The first-order valence-electron chi connectivity index (χ1n) is 14.4. The van der Waals surface area contributed by atoms with E-state index in [-0.39, 0.29) is 28.0 Å². The minimum Gasteiger partial charge on any atom is -0.507 e. The van der Waals surface area contributed by atoms with Crippen LogP contribution in [0.15, 0.2) is 101 Å². The highest BCUT2D eigenvalue weighted by molar-refractivity contribution is 8.00. The number of benzene rings is 4. The molecule has 238 valence electrons. The number of aliphatic hydroxyl groups is 1. The van der Waals surface area contributed by atoms with E-state index >= 15 is 0 Å². The number of thioether (sulfide) groups is 1. The molecule has 1 unspecified atom stereocenters. The number of ether oxygens (including phenoxy) is 2. The molecular weight excluding hydrogens is 658 g/mol. The van der Waals surface area contributed by atoms with Gasteiger partial charge >= 0.3 is 5.91 Å². The molecule has 0 bridgehead atoms. The minimum atomic E-state index is -1.08. The third kappa shape index (κ3) is 6.97. The number of halogens is 1.